The Hall–Kier alpha value is -0.770. The normalized spacial score (nSPS) is 21.5. The number of hydrogen-bond donors (Lipinski definition) is 1. The van der Waals surface area contributed by atoms with Gasteiger partial charge in [0.1, 0.15) is 0 Å². The Morgan fingerprint density at radius 3 is 2.69 bits per heavy atom. The summed E-state index contributed by atoms with van der Waals surface area (Å²) in [5.74, 6) is 0. The molecule has 0 radical (unpaired) electrons. The molecule has 4 nitrogen and oxygen atoms in total. The Balaban J connectivity index is 2.29. The van der Waals surface area contributed by atoms with E-state index in [1.165, 1.54) is 0 Å². The minimum Gasteiger partial charge on any atom is -0.379 e. The largest absolute Gasteiger partial charge is 0.379 e. The van der Waals surface area contributed by atoms with Crippen molar-refractivity contribution in [2.75, 3.05) is 26.3 Å². The van der Waals surface area contributed by atoms with Gasteiger partial charge in [-0.3, -0.25) is 0 Å². The summed E-state index contributed by atoms with van der Waals surface area (Å²) in [4.78, 5) is 13.3. The van der Waals surface area contributed by atoms with Crippen LogP contribution in [0.25, 0.3) is 0 Å². The second-order valence-electron chi connectivity index (χ2n) is 3.18. The lowest BCUT2D eigenvalue weighted by atomic mass is 10.3. The van der Waals surface area contributed by atoms with Crippen molar-refractivity contribution in [3.8, 4) is 0 Å². The highest BCUT2D eigenvalue weighted by atomic mass is 16.5. The van der Waals surface area contributed by atoms with Crippen LogP contribution in [0.1, 0.15) is 20.3 Å². The van der Waals surface area contributed by atoms with Crippen LogP contribution in [0.2, 0.25) is 0 Å². The Morgan fingerprint density at radius 1 is 1.54 bits per heavy atom. The van der Waals surface area contributed by atoms with E-state index < -0.39 is 0 Å². The number of nitrogens with one attached hydrogen (secondary N) is 1. The van der Waals surface area contributed by atoms with Gasteiger partial charge in [0.05, 0.1) is 12.6 Å². The highest BCUT2D eigenvalue weighted by Crippen LogP contribution is 2.03. The van der Waals surface area contributed by atoms with Gasteiger partial charge in [-0.25, -0.2) is 4.79 Å². The fourth-order valence-corrected chi connectivity index (χ4v) is 1.43. The molecular weight excluding hydrogens is 168 g/mol. The molecule has 1 N–H and O–H groups in total. The second kappa shape index (κ2) is 5.07. The van der Waals surface area contributed by atoms with Crippen molar-refractivity contribution in [2.45, 2.75) is 26.3 Å². The summed E-state index contributed by atoms with van der Waals surface area (Å²) >= 11 is 0. The smallest absolute Gasteiger partial charge is 0.317 e. The molecule has 4 heteroatoms. The molecule has 1 atom stereocenters. The Bertz CT molecular complexity index is 163. The number of carbonyl (C=O) groups excluding carboxylic acids is 1. The second-order valence-corrected chi connectivity index (χ2v) is 3.18. The third-order valence-electron chi connectivity index (χ3n) is 2.31. The maximum atomic E-state index is 11.5. The first kappa shape index (κ1) is 10.3. The van der Waals surface area contributed by atoms with E-state index in [0.29, 0.717) is 6.61 Å². The van der Waals surface area contributed by atoms with Gasteiger partial charge in [0.15, 0.2) is 0 Å². The lowest BCUT2D eigenvalue weighted by Crippen LogP contribution is -2.44. The van der Waals surface area contributed by atoms with Crippen LogP contribution in [0, 0.1) is 0 Å². The van der Waals surface area contributed by atoms with Gasteiger partial charge in [0.2, 0.25) is 0 Å². The van der Waals surface area contributed by atoms with Crippen LogP contribution >= 0.6 is 0 Å². The number of ether oxygens (including phenoxy) is 1. The summed E-state index contributed by atoms with van der Waals surface area (Å²) in [6.07, 6.45) is 0.938. The van der Waals surface area contributed by atoms with E-state index in [4.69, 9.17) is 4.74 Å². The van der Waals surface area contributed by atoms with E-state index in [0.717, 1.165) is 26.1 Å². The van der Waals surface area contributed by atoms with E-state index in [2.05, 4.69) is 5.32 Å². The van der Waals surface area contributed by atoms with Gasteiger partial charge in [-0.15, -0.1) is 0 Å². The van der Waals surface area contributed by atoms with Gasteiger partial charge in [-0.05, 0) is 20.3 Å². The van der Waals surface area contributed by atoms with Crippen LogP contribution in [0.15, 0.2) is 0 Å². The van der Waals surface area contributed by atoms with E-state index in [-0.39, 0.29) is 12.1 Å². The molecule has 1 unspecified atom stereocenters. The first-order valence-corrected chi connectivity index (χ1v) is 4.91. The van der Waals surface area contributed by atoms with E-state index in [1.807, 2.05) is 13.8 Å². The highest BCUT2D eigenvalue weighted by molar-refractivity contribution is 5.74. The lowest BCUT2D eigenvalue weighted by molar-refractivity contribution is 0.180. The molecule has 1 aliphatic rings. The van der Waals surface area contributed by atoms with E-state index >= 15 is 0 Å². The molecule has 0 spiro atoms. The number of hydrogen-bond acceptors (Lipinski definition) is 2. The fraction of sp³-hybridized carbons (Fsp3) is 0.889. The van der Waals surface area contributed by atoms with Crippen molar-refractivity contribution in [3.63, 3.8) is 0 Å². The van der Waals surface area contributed by atoms with Gasteiger partial charge < -0.3 is 15.0 Å². The molecule has 2 amide bonds. The van der Waals surface area contributed by atoms with Crippen LogP contribution in [0.4, 0.5) is 4.79 Å². The first-order chi connectivity index (χ1) is 6.27. The van der Waals surface area contributed by atoms with Gasteiger partial charge in [-0.1, -0.05) is 0 Å². The predicted molar refractivity (Wildman–Crippen MR) is 50.7 cm³/mol. The van der Waals surface area contributed by atoms with Crippen molar-refractivity contribution in [1.29, 1.82) is 0 Å². The zero-order chi connectivity index (χ0) is 9.68. The Labute approximate surface area is 79.2 Å². The van der Waals surface area contributed by atoms with Gasteiger partial charge in [-0.2, -0.15) is 0 Å². The summed E-state index contributed by atoms with van der Waals surface area (Å²) in [5.41, 5.74) is 0. The van der Waals surface area contributed by atoms with Crippen LogP contribution in [0.5, 0.6) is 0 Å². The average Bonchev–Trinajstić information content (AvgIpc) is 2.59. The minimum atomic E-state index is 0.0282. The molecule has 0 aliphatic carbocycles. The van der Waals surface area contributed by atoms with E-state index in [9.17, 15) is 4.79 Å². The highest BCUT2D eigenvalue weighted by Gasteiger charge is 2.19. The molecule has 0 bridgehead atoms. The SMILES string of the molecule is CCN(CC)C(=O)NC1CCOC1. The molecule has 1 heterocycles. The summed E-state index contributed by atoms with van der Waals surface area (Å²) in [6.45, 7) is 6.91. The molecule has 0 aromatic rings. The summed E-state index contributed by atoms with van der Waals surface area (Å²) in [6, 6.07) is 0.244. The average molecular weight is 186 g/mol. The topological polar surface area (TPSA) is 41.6 Å². The van der Waals surface area contributed by atoms with Crippen LogP contribution < -0.4 is 5.32 Å². The van der Waals surface area contributed by atoms with Crippen LogP contribution in [-0.2, 0) is 4.74 Å². The molecule has 1 fully saturated rings. The number of carbonyl (C=O) groups is 1. The summed E-state index contributed by atoms with van der Waals surface area (Å²) in [7, 11) is 0. The molecule has 76 valence electrons. The Morgan fingerprint density at radius 2 is 2.23 bits per heavy atom. The van der Waals surface area contributed by atoms with Crippen molar-refractivity contribution >= 4 is 6.03 Å². The minimum absolute atomic E-state index is 0.0282. The quantitative estimate of drug-likeness (QED) is 0.709. The lowest BCUT2D eigenvalue weighted by Gasteiger charge is -2.21. The maximum absolute atomic E-state index is 11.5. The van der Waals surface area contributed by atoms with E-state index in [1.54, 1.807) is 4.90 Å². The molecule has 0 aromatic carbocycles. The van der Waals surface area contributed by atoms with Gasteiger partial charge in [0.25, 0.3) is 0 Å². The van der Waals surface area contributed by atoms with Gasteiger partial charge in [0, 0.05) is 19.7 Å². The van der Waals surface area contributed by atoms with Crippen molar-refractivity contribution in [1.82, 2.24) is 10.2 Å². The van der Waals surface area contributed by atoms with Crippen molar-refractivity contribution < 1.29 is 9.53 Å². The molecule has 1 saturated heterocycles. The fourth-order valence-electron chi connectivity index (χ4n) is 1.43. The van der Waals surface area contributed by atoms with Crippen LogP contribution in [-0.4, -0.2) is 43.3 Å². The third-order valence-corrected chi connectivity index (χ3v) is 2.31. The van der Waals surface area contributed by atoms with Crippen molar-refractivity contribution in [3.05, 3.63) is 0 Å². The van der Waals surface area contributed by atoms with Crippen LogP contribution in [0.3, 0.4) is 0 Å². The molecule has 13 heavy (non-hydrogen) atoms. The molecule has 0 aromatic heterocycles. The number of nitrogens with zero attached hydrogens (tertiary/aromatic N) is 1. The molecule has 1 aliphatic heterocycles. The van der Waals surface area contributed by atoms with Crippen molar-refractivity contribution in [2.24, 2.45) is 0 Å². The zero-order valence-electron chi connectivity index (χ0n) is 8.38. The molecule has 1 rings (SSSR count). The standard InChI is InChI=1S/C9H18N2O2/c1-3-11(4-2)9(12)10-8-5-6-13-7-8/h8H,3-7H2,1-2H3,(H,10,12). The molecular formula is C9H18N2O2. The number of rotatable bonds is 3. The summed E-state index contributed by atoms with van der Waals surface area (Å²) < 4.78 is 5.17. The number of amides is 2. The Kier molecular flexibility index (Phi) is 4.02. The number of urea groups is 1. The van der Waals surface area contributed by atoms with Gasteiger partial charge >= 0.3 is 6.03 Å². The maximum Gasteiger partial charge on any atom is 0.317 e. The predicted octanol–water partition coefficient (Wildman–Crippen LogP) is 0.827. The first-order valence-electron chi connectivity index (χ1n) is 4.91. The zero-order valence-corrected chi connectivity index (χ0v) is 8.38. The molecule has 0 saturated carbocycles. The third kappa shape index (κ3) is 2.88. The summed E-state index contributed by atoms with van der Waals surface area (Å²) in [5, 5.41) is 2.94. The monoisotopic (exact) mass is 186 g/mol.